The minimum absolute atomic E-state index is 0.0184. The van der Waals surface area contributed by atoms with Gasteiger partial charge in [-0.05, 0) is 18.4 Å². The highest BCUT2D eigenvalue weighted by Crippen LogP contribution is 2.28. The summed E-state index contributed by atoms with van der Waals surface area (Å²) in [4.78, 5) is 0. The first kappa shape index (κ1) is 10.6. The van der Waals surface area contributed by atoms with E-state index in [-0.39, 0.29) is 23.5 Å². The molecule has 2 rings (SSSR count). The Bertz CT molecular complexity index is 452. The molecule has 1 aliphatic heterocycles. The van der Waals surface area contributed by atoms with Crippen LogP contribution in [0, 0.1) is 5.92 Å². The van der Waals surface area contributed by atoms with Gasteiger partial charge in [-0.15, -0.1) is 0 Å². The molecular formula is C9H15N3O2S. The van der Waals surface area contributed by atoms with Crippen molar-refractivity contribution >= 4 is 9.84 Å². The first-order valence-electron chi connectivity index (χ1n) is 4.93. The molecular weight excluding hydrogens is 214 g/mol. The van der Waals surface area contributed by atoms with Crippen LogP contribution in [0.2, 0.25) is 0 Å². The van der Waals surface area contributed by atoms with Crippen molar-refractivity contribution in [1.29, 1.82) is 0 Å². The zero-order chi connectivity index (χ0) is 11.1. The van der Waals surface area contributed by atoms with Gasteiger partial charge >= 0.3 is 0 Å². The quantitative estimate of drug-likeness (QED) is 0.765. The van der Waals surface area contributed by atoms with E-state index in [4.69, 9.17) is 5.73 Å². The van der Waals surface area contributed by atoms with Gasteiger partial charge in [0, 0.05) is 13.2 Å². The zero-order valence-corrected chi connectivity index (χ0v) is 9.44. The van der Waals surface area contributed by atoms with E-state index in [9.17, 15) is 8.42 Å². The molecule has 6 heteroatoms. The van der Waals surface area contributed by atoms with Gasteiger partial charge in [-0.2, -0.15) is 5.10 Å². The Morgan fingerprint density at radius 3 is 2.87 bits per heavy atom. The number of aromatic nitrogens is 2. The van der Waals surface area contributed by atoms with Crippen LogP contribution in [0.4, 0.5) is 0 Å². The standard InChI is InChI=1S/C9H15N3O2S/c1-12-4-2-8(11-12)9(10)7-3-5-15(13,14)6-7/h2,4,7,9H,3,5-6,10H2,1H3. The zero-order valence-electron chi connectivity index (χ0n) is 8.63. The fraction of sp³-hybridized carbons (Fsp3) is 0.667. The summed E-state index contributed by atoms with van der Waals surface area (Å²) in [6.45, 7) is 0. The highest BCUT2D eigenvalue weighted by molar-refractivity contribution is 7.91. The lowest BCUT2D eigenvalue weighted by Crippen LogP contribution is -2.23. The highest BCUT2D eigenvalue weighted by Gasteiger charge is 2.33. The van der Waals surface area contributed by atoms with Crippen molar-refractivity contribution in [3.05, 3.63) is 18.0 Å². The average molecular weight is 229 g/mol. The molecule has 1 aliphatic rings. The lowest BCUT2D eigenvalue weighted by atomic mass is 9.98. The molecule has 0 bridgehead atoms. The number of nitrogens with zero attached hydrogens (tertiary/aromatic N) is 2. The second kappa shape index (κ2) is 3.61. The minimum atomic E-state index is -2.86. The molecule has 2 N–H and O–H groups in total. The minimum Gasteiger partial charge on any atom is -0.322 e. The van der Waals surface area contributed by atoms with E-state index < -0.39 is 9.84 Å². The van der Waals surface area contributed by atoms with E-state index in [1.807, 2.05) is 19.3 Å². The molecule has 15 heavy (non-hydrogen) atoms. The third-order valence-corrected chi connectivity index (χ3v) is 4.65. The molecule has 1 fully saturated rings. The third-order valence-electron chi connectivity index (χ3n) is 2.85. The average Bonchev–Trinajstić information content (AvgIpc) is 2.71. The lowest BCUT2D eigenvalue weighted by molar-refractivity contribution is 0.466. The van der Waals surface area contributed by atoms with E-state index in [2.05, 4.69) is 5.10 Å². The summed E-state index contributed by atoms with van der Waals surface area (Å²) in [6.07, 6.45) is 2.47. The number of hydrogen-bond acceptors (Lipinski definition) is 4. The number of nitrogens with two attached hydrogens (primary N) is 1. The van der Waals surface area contributed by atoms with Crippen LogP contribution in [0.1, 0.15) is 18.2 Å². The van der Waals surface area contributed by atoms with Crippen molar-refractivity contribution in [2.75, 3.05) is 11.5 Å². The number of sulfone groups is 1. The van der Waals surface area contributed by atoms with E-state index >= 15 is 0 Å². The Morgan fingerprint density at radius 2 is 2.40 bits per heavy atom. The van der Waals surface area contributed by atoms with E-state index in [0.717, 1.165) is 5.69 Å². The number of rotatable bonds is 2. The van der Waals surface area contributed by atoms with Crippen molar-refractivity contribution < 1.29 is 8.42 Å². The SMILES string of the molecule is Cn1ccc(C(N)C2CCS(=O)(=O)C2)n1. The maximum absolute atomic E-state index is 11.3. The fourth-order valence-corrected chi connectivity index (χ4v) is 3.81. The summed E-state index contributed by atoms with van der Waals surface area (Å²) >= 11 is 0. The molecule has 1 aromatic heterocycles. The van der Waals surface area contributed by atoms with Crippen molar-refractivity contribution in [2.45, 2.75) is 12.5 Å². The largest absolute Gasteiger partial charge is 0.322 e. The van der Waals surface area contributed by atoms with Gasteiger partial charge in [0.2, 0.25) is 0 Å². The predicted octanol–water partition coefficient (Wildman–Crippen LogP) is -0.145. The molecule has 0 aliphatic carbocycles. The molecule has 0 radical (unpaired) electrons. The molecule has 2 unspecified atom stereocenters. The Kier molecular flexibility index (Phi) is 2.56. The van der Waals surface area contributed by atoms with Crippen LogP contribution in [-0.2, 0) is 16.9 Å². The number of aryl methyl sites for hydroxylation is 1. The Labute approximate surface area is 89.2 Å². The predicted molar refractivity (Wildman–Crippen MR) is 56.9 cm³/mol. The van der Waals surface area contributed by atoms with Crippen molar-refractivity contribution in [2.24, 2.45) is 18.7 Å². The van der Waals surface area contributed by atoms with Crippen molar-refractivity contribution in [3.8, 4) is 0 Å². The molecule has 2 heterocycles. The van der Waals surface area contributed by atoms with E-state index in [1.165, 1.54) is 0 Å². The van der Waals surface area contributed by atoms with Crippen LogP contribution < -0.4 is 5.73 Å². The van der Waals surface area contributed by atoms with Crippen LogP contribution in [0.15, 0.2) is 12.3 Å². The smallest absolute Gasteiger partial charge is 0.150 e. The molecule has 1 aromatic rings. The van der Waals surface area contributed by atoms with Gasteiger partial charge in [-0.3, -0.25) is 4.68 Å². The van der Waals surface area contributed by atoms with Gasteiger partial charge in [0.1, 0.15) is 0 Å². The normalized spacial score (nSPS) is 26.7. The van der Waals surface area contributed by atoms with E-state index in [0.29, 0.717) is 6.42 Å². The summed E-state index contributed by atoms with van der Waals surface area (Å²) in [5, 5.41) is 4.20. The maximum Gasteiger partial charge on any atom is 0.150 e. The molecule has 5 nitrogen and oxygen atoms in total. The van der Waals surface area contributed by atoms with Crippen LogP contribution in [0.5, 0.6) is 0 Å². The van der Waals surface area contributed by atoms with Gasteiger partial charge in [0.15, 0.2) is 9.84 Å². The van der Waals surface area contributed by atoms with E-state index in [1.54, 1.807) is 4.68 Å². The van der Waals surface area contributed by atoms with Gasteiger partial charge in [0.05, 0.1) is 23.2 Å². The van der Waals surface area contributed by atoms with Crippen LogP contribution in [0.3, 0.4) is 0 Å². The second-order valence-corrected chi connectivity index (χ2v) is 6.33. The first-order valence-corrected chi connectivity index (χ1v) is 6.75. The monoisotopic (exact) mass is 229 g/mol. The van der Waals surface area contributed by atoms with Crippen LogP contribution >= 0.6 is 0 Å². The summed E-state index contributed by atoms with van der Waals surface area (Å²) in [5.41, 5.74) is 6.77. The molecule has 1 saturated heterocycles. The fourth-order valence-electron chi connectivity index (χ4n) is 1.96. The summed E-state index contributed by atoms with van der Waals surface area (Å²) in [6, 6.07) is 1.58. The van der Waals surface area contributed by atoms with Gasteiger partial charge in [0.25, 0.3) is 0 Å². The third kappa shape index (κ3) is 2.21. The summed E-state index contributed by atoms with van der Waals surface area (Å²) < 4.78 is 24.3. The molecule has 0 aromatic carbocycles. The maximum atomic E-state index is 11.3. The Morgan fingerprint density at radius 1 is 1.67 bits per heavy atom. The topological polar surface area (TPSA) is 78.0 Å². The molecule has 0 amide bonds. The highest BCUT2D eigenvalue weighted by atomic mass is 32.2. The van der Waals surface area contributed by atoms with Gasteiger partial charge in [-0.1, -0.05) is 0 Å². The first-order chi connectivity index (χ1) is 6.98. The van der Waals surface area contributed by atoms with Crippen molar-refractivity contribution in [1.82, 2.24) is 9.78 Å². The summed E-state index contributed by atoms with van der Waals surface area (Å²) in [5.74, 6) is 0.480. The number of hydrogen-bond donors (Lipinski definition) is 1. The summed E-state index contributed by atoms with van der Waals surface area (Å²) in [7, 11) is -1.04. The molecule has 84 valence electrons. The lowest BCUT2D eigenvalue weighted by Gasteiger charge is -2.14. The second-order valence-electron chi connectivity index (χ2n) is 4.10. The van der Waals surface area contributed by atoms with Gasteiger partial charge < -0.3 is 5.73 Å². The van der Waals surface area contributed by atoms with Gasteiger partial charge in [-0.25, -0.2) is 8.42 Å². The van der Waals surface area contributed by atoms with Crippen molar-refractivity contribution in [3.63, 3.8) is 0 Å². The Balaban J connectivity index is 2.13. The Hall–Kier alpha value is -0.880. The molecule has 0 saturated carbocycles. The van der Waals surface area contributed by atoms with Crippen LogP contribution in [0.25, 0.3) is 0 Å². The molecule has 2 atom stereocenters. The van der Waals surface area contributed by atoms with Crippen LogP contribution in [-0.4, -0.2) is 29.7 Å². The molecule has 0 spiro atoms.